The molecule has 4 rings (SSSR count). The zero-order valence-corrected chi connectivity index (χ0v) is 20.1. The van der Waals surface area contributed by atoms with Gasteiger partial charge in [-0.15, -0.1) is 11.3 Å². The average molecular weight is 489 g/mol. The number of anilines is 1. The van der Waals surface area contributed by atoms with Crippen LogP contribution in [-0.4, -0.2) is 47.6 Å². The lowest BCUT2D eigenvalue weighted by atomic mass is 9.98. The highest BCUT2D eigenvalue weighted by molar-refractivity contribution is 7.89. The number of thiophene rings is 1. The molecule has 1 aromatic carbocycles. The SMILES string of the molecule is CC(=O)c1ccc(NC(=O)C2CCCN(S(=O)(=O)c3cc(-c4noc(C)n4)sc3C)C2)cc1. The normalized spacial score (nSPS) is 17.1. The quantitative estimate of drug-likeness (QED) is 0.525. The number of Topliss-reactive ketones (excluding diaryl/α,β-unsaturated/α-hetero) is 1. The smallest absolute Gasteiger partial charge is 0.244 e. The molecular formula is C22H24N4O5S2. The van der Waals surface area contributed by atoms with Crippen LogP contribution in [0.1, 0.15) is 40.9 Å². The van der Waals surface area contributed by atoms with Gasteiger partial charge in [0.2, 0.25) is 27.6 Å². The highest BCUT2D eigenvalue weighted by atomic mass is 32.2. The first kappa shape index (κ1) is 23.3. The van der Waals surface area contributed by atoms with E-state index in [-0.39, 0.29) is 23.1 Å². The van der Waals surface area contributed by atoms with E-state index in [1.807, 2.05) is 0 Å². The Hall–Kier alpha value is -2.89. The minimum atomic E-state index is -3.79. The van der Waals surface area contributed by atoms with Crippen molar-refractivity contribution in [2.45, 2.75) is 38.5 Å². The number of carbonyl (C=O) groups excluding carboxylic acids is 2. The van der Waals surface area contributed by atoms with E-state index in [9.17, 15) is 18.0 Å². The van der Waals surface area contributed by atoms with Crippen LogP contribution in [0, 0.1) is 19.8 Å². The second-order valence-corrected chi connectivity index (χ2v) is 11.2. The maximum absolute atomic E-state index is 13.4. The number of rotatable bonds is 6. The lowest BCUT2D eigenvalue weighted by Gasteiger charge is -2.31. The van der Waals surface area contributed by atoms with Crippen molar-refractivity contribution in [1.82, 2.24) is 14.4 Å². The second-order valence-electron chi connectivity index (χ2n) is 7.99. The number of carbonyl (C=O) groups is 2. The summed E-state index contributed by atoms with van der Waals surface area (Å²) in [6, 6.07) is 8.21. The largest absolute Gasteiger partial charge is 0.339 e. The van der Waals surface area contributed by atoms with Crippen molar-refractivity contribution in [3.8, 4) is 10.7 Å². The van der Waals surface area contributed by atoms with Gasteiger partial charge in [0.05, 0.1) is 15.7 Å². The fourth-order valence-electron chi connectivity index (χ4n) is 3.78. The minimum absolute atomic E-state index is 0.0534. The standard InChI is InChI=1S/C22H24N4O5S2/c1-13(27)16-6-8-18(9-7-16)24-22(28)17-5-4-10-26(12-17)33(29,30)20-11-19(32-14(20)2)21-23-15(3)31-25-21/h6-9,11,17H,4-5,10,12H2,1-3H3,(H,24,28). The molecule has 9 nitrogen and oxygen atoms in total. The molecule has 2 aromatic heterocycles. The number of nitrogens with one attached hydrogen (secondary N) is 1. The third-order valence-corrected chi connectivity index (χ3v) is 8.72. The summed E-state index contributed by atoms with van der Waals surface area (Å²) in [4.78, 5) is 29.9. The van der Waals surface area contributed by atoms with Gasteiger partial charge in [-0.25, -0.2) is 8.42 Å². The van der Waals surface area contributed by atoms with E-state index in [0.717, 1.165) is 0 Å². The van der Waals surface area contributed by atoms with Gasteiger partial charge in [-0.05, 0) is 57.0 Å². The molecule has 1 N–H and O–H groups in total. The van der Waals surface area contributed by atoms with Crippen LogP contribution >= 0.6 is 11.3 Å². The van der Waals surface area contributed by atoms with Crippen molar-refractivity contribution in [3.05, 3.63) is 46.7 Å². The Bertz CT molecular complexity index is 1290. The van der Waals surface area contributed by atoms with Crippen LogP contribution in [0.25, 0.3) is 10.7 Å². The van der Waals surface area contributed by atoms with Crippen molar-refractivity contribution in [2.24, 2.45) is 5.92 Å². The monoisotopic (exact) mass is 488 g/mol. The summed E-state index contributed by atoms with van der Waals surface area (Å²) in [5, 5.41) is 6.70. The molecule has 11 heteroatoms. The number of amides is 1. The molecule has 1 atom stereocenters. The Morgan fingerprint density at radius 2 is 1.94 bits per heavy atom. The molecule has 3 aromatic rings. The molecule has 0 saturated carbocycles. The number of aromatic nitrogens is 2. The summed E-state index contributed by atoms with van der Waals surface area (Å²) >= 11 is 1.29. The number of aryl methyl sites for hydroxylation is 2. The Morgan fingerprint density at radius 1 is 1.21 bits per heavy atom. The fraction of sp³-hybridized carbons (Fsp3) is 0.364. The highest BCUT2D eigenvalue weighted by Gasteiger charge is 2.35. The molecule has 3 heterocycles. The minimum Gasteiger partial charge on any atom is -0.339 e. The van der Waals surface area contributed by atoms with Crippen LogP contribution in [-0.2, 0) is 14.8 Å². The van der Waals surface area contributed by atoms with Gasteiger partial charge in [0.1, 0.15) is 0 Å². The van der Waals surface area contributed by atoms with Crippen molar-refractivity contribution in [3.63, 3.8) is 0 Å². The van der Waals surface area contributed by atoms with Crippen LogP contribution in [0.2, 0.25) is 0 Å². The molecule has 1 unspecified atom stereocenters. The summed E-state index contributed by atoms with van der Waals surface area (Å²) in [5.41, 5.74) is 1.13. The van der Waals surface area contributed by atoms with Crippen molar-refractivity contribution < 1.29 is 22.5 Å². The molecule has 1 amide bonds. The van der Waals surface area contributed by atoms with E-state index in [4.69, 9.17) is 4.52 Å². The molecule has 0 bridgehead atoms. The molecule has 0 aliphatic carbocycles. The molecular weight excluding hydrogens is 464 g/mol. The molecule has 1 aliphatic rings. The lowest BCUT2D eigenvalue weighted by molar-refractivity contribution is -0.120. The molecule has 0 spiro atoms. The number of hydrogen-bond donors (Lipinski definition) is 1. The zero-order valence-electron chi connectivity index (χ0n) is 18.5. The molecule has 1 aliphatic heterocycles. The Balaban J connectivity index is 1.49. The van der Waals surface area contributed by atoms with Crippen LogP contribution in [0.4, 0.5) is 5.69 Å². The van der Waals surface area contributed by atoms with Crippen LogP contribution in [0.15, 0.2) is 39.8 Å². The van der Waals surface area contributed by atoms with Crippen molar-refractivity contribution >= 4 is 38.7 Å². The highest BCUT2D eigenvalue weighted by Crippen LogP contribution is 2.35. The Labute approximate surface area is 195 Å². The lowest BCUT2D eigenvalue weighted by Crippen LogP contribution is -2.43. The number of nitrogens with zero attached hydrogens (tertiary/aromatic N) is 3. The second kappa shape index (κ2) is 9.16. The van der Waals surface area contributed by atoms with Gasteiger partial charge in [0.15, 0.2) is 5.78 Å². The number of hydrogen-bond acceptors (Lipinski definition) is 8. The summed E-state index contributed by atoms with van der Waals surface area (Å²) in [6.45, 7) is 5.35. The van der Waals surface area contributed by atoms with Gasteiger partial charge in [0, 0.05) is 36.1 Å². The van der Waals surface area contributed by atoms with Gasteiger partial charge in [-0.1, -0.05) is 5.16 Å². The van der Waals surface area contributed by atoms with Gasteiger partial charge < -0.3 is 9.84 Å². The first-order valence-corrected chi connectivity index (χ1v) is 12.7. The van der Waals surface area contributed by atoms with E-state index >= 15 is 0 Å². The number of benzene rings is 1. The van der Waals surface area contributed by atoms with Gasteiger partial charge in [-0.2, -0.15) is 9.29 Å². The topological polar surface area (TPSA) is 122 Å². The summed E-state index contributed by atoms with van der Waals surface area (Å²) < 4.78 is 33.2. The summed E-state index contributed by atoms with van der Waals surface area (Å²) in [5.74, 6) is -0.00729. The molecule has 1 saturated heterocycles. The molecule has 0 radical (unpaired) electrons. The summed E-state index contributed by atoms with van der Waals surface area (Å²) in [7, 11) is -3.79. The summed E-state index contributed by atoms with van der Waals surface area (Å²) in [6.07, 6.45) is 1.18. The third kappa shape index (κ3) is 4.90. The predicted octanol–water partition coefficient (Wildman–Crippen LogP) is 3.66. The van der Waals surface area contributed by atoms with Crippen LogP contribution in [0.3, 0.4) is 0 Å². The predicted molar refractivity (Wildman–Crippen MR) is 124 cm³/mol. The fourth-order valence-corrected chi connectivity index (χ4v) is 6.79. The van der Waals surface area contributed by atoms with E-state index < -0.39 is 15.9 Å². The number of piperidine rings is 1. The first-order valence-electron chi connectivity index (χ1n) is 10.5. The van der Waals surface area contributed by atoms with Crippen LogP contribution < -0.4 is 5.32 Å². The van der Waals surface area contributed by atoms with Crippen molar-refractivity contribution in [1.29, 1.82) is 0 Å². The van der Waals surface area contributed by atoms with E-state index in [0.29, 0.717) is 52.1 Å². The molecule has 1 fully saturated rings. The van der Waals surface area contributed by atoms with E-state index in [2.05, 4.69) is 15.5 Å². The first-order chi connectivity index (χ1) is 15.6. The maximum atomic E-state index is 13.4. The molecule has 33 heavy (non-hydrogen) atoms. The average Bonchev–Trinajstić information content (AvgIpc) is 3.40. The molecule has 174 valence electrons. The maximum Gasteiger partial charge on any atom is 0.244 e. The van der Waals surface area contributed by atoms with Gasteiger partial charge >= 0.3 is 0 Å². The number of ketones is 1. The van der Waals surface area contributed by atoms with Gasteiger partial charge in [-0.3, -0.25) is 9.59 Å². The third-order valence-electron chi connectivity index (χ3n) is 5.55. The van der Waals surface area contributed by atoms with E-state index in [1.165, 1.54) is 22.6 Å². The Kier molecular flexibility index (Phi) is 6.46. The van der Waals surface area contributed by atoms with Crippen LogP contribution in [0.5, 0.6) is 0 Å². The van der Waals surface area contributed by atoms with Crippen molar-refractivity contribution in [2.75, 3.05) is 18.4 Å². The van der Waals surface area contributed by atoms with Gasteiger partial charge in [0.25, 0.3) is 0 Å². The zero-order chi connectivity index (χ0) is 23.8. The Morgan fingerprint density at radius 3 is 2.58 bits per heavy atom. The number of sulfonamides is 1. The van der Waals surface area contributed by atoms with E-state index in [1.54, 1.807) is 44.2 Å².